The molecule has 0 bridgehead atoms. The zero-order valence-corrected chi connectivity index (χ0v) is 15.0. The van der Waals surface area contributed by atoms with Gasteiger partial charge in [-0.1, -0.05) is 23.2 Å². The van der Waals surface area contributed by atoms with E-state index in [-0.39, 0.29) is 18.0 Å². The van der Waals surface area contributed by atoms with Gasteiger partial charge in [0.05, 0.1) is 0 Å². The van der Waals surface area contributed by atoms with Gasteiger partial charge in [0, 0.05) is 49.3 Å². The molecule has 130 valence electrons. The van der Waals surface area contributed by atoms with Crippen molar-refractivity contribution in [1.82, 2.24) is 20.4 Å². The third-order valence-electron chi connectivity index (χ3n) is 4.58. The molecule has 8 heteroatoms. The molecule has 0 aromatic heterocycles. The zero-order valence-electron chi connectivity index (χ0n) is 13.4. The normalized spacial score (nSPS) is 21.2. The summed E-state index contributed by atoms with van der Waals surface area (Å²) in [6.45, 7) is 5.49. The highest BCUT2D eigenvalue weighted by molar-refractivity contribution is 6.35. The van der Waals surface area contributed by atoms with Crippen molar-refractivity contribution in [2.24, 2.45) is 0 Å². The minimum absolute atomic E-state index is 0.00431. The Balaban J connectivity index is 1.61. The van der Waals surface area contributed by atoms with Gasteiger partial charge in [0.25, 0.3) is 0 Å². The molecule has 24 heavy (non-hydrogen) atoms. The first kappa shape index (κ1) is 17.3. The number of urea groups is 1. The maximum atomic E-state index is 12.4. The molecule has 1 aromatic rings. The van der Waals surface area contributed by atoms with Crippen LogP contribution < -0.4 is 10.6 Å². The van der Waals surface area contributed by atoms with Crippen molar-refractivity contribution in [3.05, 3.63) is 33.3 Å². The molecule has 2 fully saturated rings. The lowest BCUT2D eigenvalue weighted by Gasteiger charge is -2.42. The Morgan fingerprint density at radius 3 is 2.88 bits per heavy atom. The van der Waals surface area contributed by atoms with E-state index in [9.17, 15) is 9.59 Å². The van der Waals surface area contributed by atoms with Crippen molar-refractivity contribution in [2.45, 2.75) is 19.5 Å². The van der Waals surface area contributed by atoms with Crippen LogP contribution in [0.1, 0.15) is 11.1 Å². The number of nitrogens with zero attached hydrogens (tertiary/aromatic N) is 2. The number of amides is 3. The third-order valence-corrected chi connectivity index (χ3v) is 5.13. The first-order chi connectivity index (χ1) is 11.5. The number of aryl methyl sites for hydroxylation is 1. The van der Waals surface area contributed by atoms with E-state index in [1.54, 1.807) is 11.0 Å². The highest BCUT2D eigenvalue weighted by Gasteiger charge is 2.36. The van der Waals surface area contributed by atoms with Crippen LogP contribution in [0.15, 0.2) is 12.1 Å². The van der Waals surface area contributed by atoms with Crippen LogP contribution in [0.25, 0.3) is 0 Å². The summed E-state index contributed by atoms with van der Waals surface area (Å²) in [5.74, 6) is -0.00431. The second kappa shape index (κ2) is 7.17. The lowest BCUT2D eigenvalue weighted by molar-refractivity contribution is -0.131. The largest absolute Gasteiger partial charge is 0.353 e. The van der Waals surface area contributed by atoms with E-state index in [1.807, 2.05) is 13.0 Å². The summed E-state index contributed by atoms with van der Waals surface area (Å²) in [5.41, 5.74) is 1.78. The lowest BCUT2D eigenvalue weighted by Crippen LogP contribution is -2.65. The van der Waals surface area contributed by atoms with Crippen molar-refractivity contribution in [3.8, 4) is 0 Å². The maximum Gasteiger partial charge on any atom is 0.317 e. The van der Waals surface area contributed by atoms with Gasteiger partial charge < -0.3 is 15.5 Å². The second-order valence-corrected chi connectivity index (χ2v) is 6.97. The molecule has 2 aliphatic heterocycles. The lowest BCUT2D eigenvalue weighted by atomic mass is 10.1. The van der Waals surface area contributed by atoms with E-state index in [0.29, 0.717) is 42.8 Å². The fourth-order valence-electron chi connectivity index (χ4n) is 3.19. The van der Waals surface area contributed by atoms with Crippen molar-refractivity contribution in [2.75, 3.05) is 32.7 Å². The molecule has 6 nitrogen and oxygen atoms in total. The van der Waals surface area contributed by atoms with Gasteiger partial charge >= 0.3 is 6.03 Å². The topological polar surface area (TPSA) is 64.7 Å². The molecule has 1 aromatic carbocycles. The van der Waals surface area contributed by atoms with Gasteiger partial charge in [0.2, 0.25) is 5.91 Å². The summed E-state index contributed by atoms with van der Waals surface area (Å²) in [7, 11) is 0. The van der Waals surface area contributed by atoms with Crippen LogP contribution in [0, 0.1) is 6.92 Å². The van der Waals surface area contributed by atoms with Crippen molar-refractivity contribution in [1.29, 1.82) is 0 Å². The van der Waals surface area contributed by atoms with Gasteiger partial charge in [-0.15, -0.1) is 0 Å². The van der Waals surface area contributed by atoms with Crippen LogP contribution in [0.3, 0.4) is 0 Å². The molecule has 3 rings (SSSR count). The Hall–Kier alpha value is -1.50. The number of hydrogen-bond acceptors (Lipinski definition) is 3. The molecular formula is C16H20Cl2N4O2. The Bertz CT molecular complexity index is 644. The highest BCUT2D eigenvalue weighted by atomic mass is 35.5. The molecule has 2 saturated heterocycles. The van der Waals surface area contributed by atoms with E-state index in [4.69, 9.17) is 23.2 Å². The number of hydrogen-bond donors (Lipinski definition) is 2. The molecule has 0 aliphatic carbocycles. The van der Waals surface area contributed by atoms with Gasteiger partial charge in [-0.25, -0.2) is 4.79 Å². The Morgan fingerprint density at radius 1 is 1.33 bits per heavy atom. The SMILES string of the molecule is Cc1cc(Cl)cc(Cl)c1CNC(=O)N1CCN2CCNC(=O)[C@@H]2C1. The van der Waals surface area contributed by atoms with E-state index < -0.39 is 0 Å². The first-order valence-electron chi connectivity index (χ1n) is 7.95. The van der Waals surface area contributed by atoms with Crippen LogP contribution in [0.5, 0.6) is 0 Å². The smallest absolute Gasteiger partial charge is 0.317 e. The number of halogens is 2. The number of benzene rings is 1. The summed E-state index contributed by atoms with van der Waals surface area (Å²) < 4.78 is 0. The van der Waals surface area contributed by atoms with Gasteiger partial charge in [-0.2, -0.15) is 0 Å². The molecule has 0 radical (unpaired) electrons. The molecule has 3 amide bonds. The van der Waals surface area contributed by atoms with Crippen LogP contribution in [-0.2, 0) is 11.3 Å². The molecule has 0 saturated carbocycles. The van der Waals surface area contributed by atoms with Crippen LogP contribution in [0.4, 0.5) is 4.79 Å². The molecule has 1 atom stereocenters. The molecule has 2 aliphatic rings. The maximum absolute atomic E-state index is 12.4. The Morgan fingerprint density at radius 2 is 2.12 bits per heavy atom. The van der Waals surface area contributed by atoms with Crippen molar-refractivity contribution in [3.63, 3.8) is 0 Å². The minimum atomic E-state index is -0.251. The average Bonchev–Trinajstić information content (AvgIpc) is 2.53. The summed E-state index contributed by atoms with van der Waals surface area (Å²) >= 11 is 12.2. The Kier molecular flexibility index (Phi) is 5.18. The number of carbonyl (C=O) groups is 2. The second-order valence-electron chi connectivity index (χ2n) is 6.13. The fraction of sp³-hybridized carbons (Fsp3) is 0.500. The van der Waals surface area contributed by atoms with Crippen molar-refractivity contribution >= 4 is 35.1 Å². The zero-order chi connectivity index (χ0) is 17.3. The van der Waals surface area contributed by atoms with E-state index in [0.717, 1.165) is 17.7 Å². The molecule has 2 heterocycles. The van der Waals surface area contributed by atoms with E-state index in [2.05, 4.69) is 15.5 Å². The number of nitrogens with one attached hydrogen (secondary N) is 2. The van der Waals surface area contributed by atoms with Crippen LogP contribution in [-0.4, -0.2) is 60.5 Å². The van der Waals surface area contributed by atoms with Crippen molar-refractivity contribution < 1.29 is 9.59 Å². The number of piperazine rings is 2. The number of carbonyl (C=O) groups excluding carboxylic acids is 2. The average molecular weight is 371 g/mol. The molecular weight excluding hydrogens is 351 g/mol. The van der Waals surface area contributed by atoms with Crippen LogP contribution in [0.2, 0.25) is 10.0 Å². The standard InChI is InChI=1S/C16H20Cl2N4O2/c1-10-6-11(17)7-13(18)12(10)8-20-16(24)22-5-4-21-3-2-19-15(23)14(21)9-22/h6-7,14H,2-5,8-9H2,1H3,(H,19,23)(H,20,24)/t14-/m0/s1. The van der Waals surface area contributed by atoms with Gasteiger partial charge in [-0.05, 0) is 30.2 Å². The summed E-state index contributed by atoms with van der Waals surface area (Å²) in [4.78, 5) is 28.2. The van der Waals surface area contributed by atoms with E-state index >= 15 is 0 Å². The van der Waals surface area contributed by atoms with E-state index in [1.165, 1.54) is 0 Å². The predicted molar refractivity (Wildman–Crippen MR) is 93.4 cm³/mol. The summed E-state index contributed by atoms with van der Waals surface area (Å²) in [6.07, 6.45) is 0. The summed E-state index contributed by atoms with van der Waals surface area (Å²) in [5, 5.41) is 6.85. The molecule has 2 N–H and O–H groups in total. The predicted octanol–water partition coefficient (Wildman–Crippen LogP) is 1.63. The summed E-state index contributed by atoms with van der Waals surface area (Å²) in [6, 6.07) is 3.06. The van der Waals surface area contributed by atoms with Crippen LogP contribution >= 0.6 is 23.2 Å². The van der Waals surface area contributed by atoms with Gasteiger partial charge in [0.1, 0.15) is 6.04 Å². The molecule has 0 unspecified atom stereocenters. The quantitative estimate of drug-likeness (QED) is 0.831. The number of rotatable bonds is 2. The van der Waals surface area contributed by atoms with Gasteiger partial charge in [-0.3, -0.25) is 9.69 Å². The molecule has 0 spiro atoms. The Labute approximate surface area is 151 Å². The number of fused-ring (bicyclic) bond motifs is 1. The highest BCUT2D eigenvalue weighted by Crippen LogP contribution is 2.25. The first-order valence-corrected chi connectivity index (χ1v) is 8.70. The monoisotopic (exact) mass is 370 g/mol. The van der Waals surface area contributed by atoms with Gasteiger partial charge in [0.15, 0.2) is 0 Å². The minimum Gasteiger partial charge on any atom is -0.353 e. The fourth-order valence-corrected chi connectivity index (χ4v) is 3.86. The third kappa shape index (κ3) is 3.61.